The monoisotopic (exact) mass is 278 g/mol. The Balaban J connectivity index is 2.84. The Morgan fingerprint density at radius 2 is 2.00 bits per heavy atom. The molecule has 1 aliphatic heterocycles. The maximum absolute atomic E-state index is 12.0. The number of carbonyl (C=O) groups excluding carboxylic acids is 1. The van der Waals surface area contributed by atoms with Gasteiger partial charge in [-0.05, 0) is 12.8 Å². The van der Waals surface area contributed by atoms with Crippen molar-refractivity contribution in [3.05, 3.63) is 0 Å². The molecule has 0 aliphatic carbocycles. The van der Waals surface area contributed by atoms with Gasteiger partial charge in [-0.1, -0.05) is 6.42 Å². The summed E-state index contributed by atoms with van der Waals surface area (Å²) in [5, 5.41) is 8.63. The molecule has 1 rings (SSSR count). The highest BCUT2D eigenvalue weighted by Crippen LogP contribution is 2.21. The van der Waals surface area contributed by atoms with E-state index in [1.807, 2.05) is 0 Å². The third-order valence-corrected chi connectivity index (χ3v) is 4.20. The van der Waals surface area contributed by atoms with Gasteiger partial charge in [0.1, 0.15) is 12.6 Å². The highest BCUT2D eigenvalue weighted by atomic mass is 32.2. The quantitative estimate of drug-likeness (QED) is 0.737. The first-order valence-corrected chi connectivity index (χ1v) is 7.52. The molecule has 0 saturated carbocycles. The lowest BCUT2D eigenvalue weighted by molar-refractivity contribution is -0.145. The van der Waals surface area contributed by atoms with Gasteiger partial charge < -0.3 is 10.0 Å². The molecule has 1 amide bonds. The van der Waals surface area contributed by atoms with E-state index in [0.717, 1.165) is 28.3 Å². The van der Waals surface area contributed by atoms with E-state index in [1.54, 1.807) is 0 Å². The number of rotatable bonds is 4. The number of aliphatic carboxylic acids is 1. The van der Waals surface area contributed by atoms with Crippen LogP contribution in [0.2, 0.25) is 0 Å². The van der Waals surface area contributed by atoms with Crippen molar-refractivity contribution < 1.29 is 23.1 Å². The number of likely N-dealkylation sites (N-methyl/N-ethyl adjacent to an activating group) is 1. The molecule has 0 spiro atoms. The molecular weight excluding hydrogens is 260 g/mol. The summed E-state index contributed by atoms with van der Waals surface area (Å²) in [5.74, 6) is -1.57. The number of hydrogen-bond donors (Lipinski definition) is 1. The molecule has 1 heterocycles. The van der Waals surface area contributed by atoms with Gasteiger partial charge in [0.2, 0.25) is 15.9 Å². The third-order valence-electron chi connectivity index (χ3n) is 2.91. The minimum Gasteiger partial charge on any atom is -0.480 e. The lowest BCUT2D eigenvalue weighted by Crippen LogP contribution is -2.52. The standard InChI is InChI=1S/C10H18N2O5S/c1-11(7-9(13)14)10(15)8-5-3-4-6-12(8)18(2,16)17/h8H,3-7H2,1-2H3,(H,13,14)/t8-/m0/s1. The Morgan fingerprint density at radius 3 is 2.50 bits per heavy atom. The first-order chi connectivity index (χ1) is 8.23. The minimum absolute atomic E-state index is 0.316. The first-order valence-electron chi connectivity index (χ1n) is 5.67. The molecule has 0 bridgehead atoms. The summed E-state index contributed by atoms with van der Waals surface area (Å²) >= 11 is 0. The zero-order valence-corrected chi connectivity index (χ0v) is 11.3. The number of carboxylic acids is 1. The van der Waals surface area contributed by atoms with Crippen molar-refractivity contribution in [3.63, 3.8) is 0 Å². The van der Waals surface area contributed by atoms with Crippen molar-refractivity contribution >= 4 is 21.9 Å². The van der Waals surface area contributed by atoms with Gasteiger partial charge >= 0.3 is 5.97 Å². The topological polar surface area (TPSA) is 95.0 Å². The van der Waals surface area contributed by atoms with Gasteiger partial charge in [-0.3, -0.25) is 9.59 Å². The summed E-state index contributed by atoms with van der Waals surface area (Å²) < 4.78 is 24.3. The van der Waals surface area contributed by atoms with Crippen molar-refractivity contribution in [2.45, 2.75) is 25.3 Å². The largest absolute Gasteiger partial charge is 0.480 e. The second-order valence-corrected chi connectivity index (χ2v) is 6.41. The molecule has 1 fully saturated rings. The number of carboxylic acid groups (broad SMARTS) is 1. The average Bonchev–Trinajstić information content (AvgIpc) is 2.26. The molecule has 104 valence electrons. The fraction of sp³-hybridized carbons (Fsp3) is 0.800. The van der Waals surface area contributed by atoms with E-state index in [-0.39, 0.29) is 0 Å². The smallest absolute Gasteiger partial charge is 0.323 e. The SMILES string of the molecule is CN(CC(=O)O)C(=O)[C@@H]1CCCCN1S(C)(=O)=O. The van der Waals surface area contributed by atoms with E-state index in [1.165, 1.54) is 7.05 Å². The van der Waals surface area contributed by atoms with Crippen LogP contribution in [0.4, 0.5) is 0 Å². The molecule has 0 radical (unpaired) electrons. The van der Waals surface area contributed by atoms with Crippen LogP contribution in [0.3, 0.4) is 0 Å². The van der Waals surface area contributed by atoms with Gasteiger partial charge in [0.05, 0.1) is 6.26 Å². The molecule has 0 aromatic heterocycles. The van der Waals surface area contributed by atoms with Gasteiger partial charge in [0, 0.05) is 13.6 Å². The number of nitrogens with zero attached hydrogens (tertiary/aromatic N) is 2. The fourth-order valence-electron chi connectivity index (χ4n) is 2.08. The number of amides is 1. The lowest BCUT2D eigenvalue weighted by atomic mass is 10.0. The molecule has 1 N–H and O–H groups in total. The van der Waals surface area contributed by atoms with Crippen LogP contribution in [0.5, 0.6) is 0 Å². The van der Waals surface area contributed by atoms with Gasteiger partial charge in [0.15, 0.2) is 0 Å². The molecular formula is C10H18N2O5S. The summed E-state index contributed by atoms with van der Waals surface area (Å²) in [6.07, 6.45) is 2.99. The molecule has 0 aromatic carbocycles. The third kappa shape index (κ3) is 3.67. The van der Waals surface area contributed by atoms with E-state index in [9.17, 15) is 18.0 Å². The Bertz CT molecular complexity index is 434. The molecule has 1 atom stereocenters. The second kappa shape index (κ2) is 5.66. The first kappa shape index (κ1) is 14.9. The van der Waals surface area contributed by atoms with Gasteiger partial charge in [-0.15, -0.1) is 0 Å². The Hall–Kier alpha value is -1.15. The zero-order chi connectivity index (χ0) is 13.9. The van der Waals surface area contributed by atoms with E-state index < -0.39 is 34.5 Å². The van der Waals surface area contributed by atoms with Crippen molar-refractivity contribution in [2.24, 2.45) is 0 Å². The maximum Gasteiger partial charge on any atom is 0.323 e. The lowest BCUT2D eigenvalue weighted by Gasteiger charge is -2.34. The average molecular weight is 278 g/mol. The van der Waals surface area contributed by atoms with Crippen molar-refractivity contribution in [2.75, 3.05) is 26.4 Å². The van der Waals surface area contributed by atoms with Crippen molar-refractivity contribution in [3.8, 4) is 0 Å². The van der Waals surface area contributed by atoms with Crippen LogP contribution in [-0.2, 0) is 19.6 Å². The van der Waals surface area contributed by atoms with Crippen LogP contribution in [0.25, 0.3) is 0 Å². The van der Waals surface area contributed by atoms with Crippen LogP contribution in [0.15, 0.2) is 0 Å². The fourth-order valence-corrected chi connectivity index (χ4v) is 3.20. The molecule has 0 unspecified atom stereocenters. The van der Waals surface area contributed by atoms with E-state index in [4.69, 9.17) is 5.11 Å². The van der Waals surface area contributed by atoms with Crippen molar-refractivity contribution in [1.29, 1.82) is 0 Å². The predicted molar refractivity (Wildman–Crippen MR) is 64.5 cm³/mol. The highest BCUT2D eigenvalue weighted by molar-refractivity contribution is 7.88. The number of hydrogen-bond acceptors (Lipinski definition) is 4. The molecule has 0 aromatic rings. The molecule has 1 aliphatic rings. The normalized spacial score (nSPS) is 21.6. The molecule has 8 heteroatoms. The maximum atomic E-state index is 12.0. The van der Waals surface area contributed by atoms with Crippen LogP contribution in [-0.4, -0.2) is 67.0 Å². The summed E-state index contributed by atoms with van der Waals surface area (Å²) in [6.45, 7) is -0.108. The minimum atomic E-state index is -3.44. The number of carbonyl (C=O) groups is 2. The predicted octanol–water partition coefficient (Wildman–Crippen LogP) is -0.656. The molecule has 7 nitrogen and oxygen atoms in total. The van der Waals surface area contributed by atoms with E-state index >= 15 is 0 Å². The Kier molecular flexibility index (Phi) is 4.69. The van der Waals surface area contributed by atoms with Gasteiger partial charge in [-0.25, -0.2) is 8.42 Å². The number of piperidine rings is 1. The van der Waals surface area contributed by atoms with Crippen LogP contribution in [0.1, 0.15) is 19.3 Å². The van der Waals surface area contributed by atoms with E-state index in [2.05, 4.69) is 0 Å². The van der Waals surface area contributed by atoms with Crippen LogP contribution < -0.4 is 0 Å². The summed E-state index contributed by atoms with van der Waals surface area (Å²) in [4.78, 5) is 23.6. The number of sulfonamides is 1. The summed E-state index contributed by atoms with van der Waals surface area (Å²) in [6, 6.07) is -0.766. The molecule has 1 saturated heterocycles. The van der Waals surface area contributed by atoms with Crippen LogP contribution in [0, 0.1) is 0 Å². The zero-order valence-electron chi connectivity index (χ0n) is 10.5. The summed E-state index contributed by atoms with van der Waals surface area (Å²) in [7, 11) is -2.08. The Morgan fingerprint density at radius 1 is 1.39 bits per heavy atom. The van der Waals surface area contributed by atoms with E-state index in [0.29, 0.717) is 13.0 Å². The molecule has 18 heavy (non-hydrogen) atoms. The van der Waals surface area contributed by atoms with Gasteiger partial charge in [-0.2, -0.15) is 4.31 Å². The van der Waals surface area contributed by atoms with Gasteiger partial charge in [0.25, 0.3) is 0 Å². The van der Waals surface area contributed by atoms with Crippen LogP contribution >= 0.6 is 0 Å². The second-order valence-electron chi connectivity index (χ2n) is 4.47. The van der Waals surface area contributed by atoms with Crippen molar-refractivity contribution in [1.82, 2.24) is 9.21 Å². The Labute approximate surface area is 106 Å². The summed E-state index contributed by atoms with van der Waals surface area (Å²) in [5.41, 5.74) is 0. The highest BCUT2D eigenvalue weighted by Gasteiger charge is 2.36.